The Bertz CT molecular complexity index is 741. The van der Waals surface area contributed by atoms with Crippen molar-refractivity contribution in [3.63, 3.8) is 0 Å². The summed E-state index contributed by atoms with van der Waals surface area (Å²) in [6.07, 6.45) is 0.797. The molecule has 4 atom stereocenters. The highest BCUT2D eigenvalue weighted by atomic mass is 16.6. The maximum absolute atomic E-state index is 12.4. The first-order valence-corrected chi connectivity index (χ1v) is 8.08. The Morgan fingerprint density at radius 3 is 2.81 bits per heavy atom. The topological polar surface area (TPSA) is 151 Å². The Morgan fingerprint density at radius 2 is 2.19 bits per heavy atom. The molecule has 2 heterocycles. The number of aliphatic hydroxyl groups is 2. The molecule has 0 saturated carbocycles. The Kier molecular flexibility index (Phi) is 4.92. The highest BCUT2D eigenvalue weighted by molar-refractivity contribution is 5.78. The van der Waals surface area contributed by atoms with Crippen molar-refractivity contribution in [3.05, 3.63) is 52.2 Å². The monoisotopic (exact) mass is 364 g/mol. The summed E-state index contributed by atoms with van der Waals surface area (Å²) in [5, 5.41) is 32.7. The lowest BCUT2D eigenvalue weighted by Gasteiger charge is -2.37. The maximum atomic E-state index is 12.4. The molecule has 2 aliphatic rings. The van der Waals surface area contributed by atoms with Crippen molar-refractivity contribution >= 4 is 11.7 Å². The van der Waals surface area contributed by atoms with E-state index in [1.807, 2.05) is 0 Å². The van der Waals surface area contributed by atoms with Gasteiger partial charge in [-0.2, -0.15) is 0 Å². The first-order chi connectivity index (χ1) is 12.3. The van der Waals surface area contributed by atoms with Crippen molar-refractivity contribution in [2.24, 2.45) is 5.73 Å². The number of nitrogens with two attached hydrogens (primary N) is 1. The van der Waals surface area contributed by atoms with Crippen LogP contribution in [-0.4, -0.2) is 56.8 Å². The van der Waals surface area contributed by atoms with Crippen molar-refractivity contribution in [1.29, 1.82) is 0 Å². The van der Waals surface area contributed by atoms with Gasteiger partial charge in [0.15, 0.2) is 0 Å². The molecule has 1 aromatic carbocycles. The minimum absolute atomic E-state index is 0.0354. The van der Waals surface area contributed by atoms with E-state index in [2.05, 4.69) is 5.32 Å². The third-order valence-corrected chi connectivity index (χ3v) is 4.47. The van der Waals surface area contributed by atoms with E-state index in [1.165, 1.54) is 23.2 Å². The van der Waals surface area contributed by atoms with Crippen LogP contribution in [0.3, 0.4) is 0 Å². The Morgan fingerprint density at radius 1 is 1.46 bits per heavy atom. The molecule has 0 spiro atoms. The van der Waals surface area contributed by atoms with Crippen LogP contribution in [0, 0.1) is 10.1 Å². The standard InChI is InChI=1S/C16H20N4O6/c17-16(8-10-3-1-2-4-11(10)20(24)25)5-6-19(15(23)18-16)14-7-12(22)13(9-21)26-14/h1-6,12-14,21-22H,7-9,17H2,(H,18,23)/t12-,13+,14+,16?/m0/s1. The molecule has 0 aliphatic carbocycles. The summed E-state index contributed by atoms with van der Waals surface area (Å²) in [5.41, 5.74) is 5.22. The summed E-state index contributed by atoms with van der Waals surface area (Å²) in [7, 11) is 0. The van der Waals surface area contributed by atoms with Gasteiger partial charge < -0.3 is 26.0 Å². The van der Waals surface area contributed by atoms with Crippen molar-refractivity contribution in [2.75, 3.05) is 6.61 Å². The number of rotatable bonds is 5. The number of hydrogen-bond acceptors (Lipinski definition) is 7. The summed E-state index contributed by atoms with van der Waals surface area (Å²) in [4.78, 5) is 24.3. The molecular formula is C16H20N4O6. The van der Waals surface area contributed by atoms with Crippen LogP contribution in [0.1, 0.15) is 12.0 Å². The molecule has 2 amide bonds. The van der Waals surface area contributed by atoms with Crippen molar-refractivity contribution in [3.8, 4) is 0 Å². The third kappa shape index (κ3) is 3.53. The Balaban J connectivity index is 1.76. The number of nitrogens with one attached hydrogen (secondary N) is 1. The van der Waals surface area contributed by atoms with E-state index in [-0.39, 0.29) is 25.1 Å². The van der Waals surface area contributed by atoms with E-state index < -0.39 is 35.1 Å². The number of para-hydroxylation sites is 1. The largest absolute Gasteiger partial charge is 0.394 e. The van der Waals surface area contributed by atoms with Gasteiger partial charge in [0.2, 0.25) is 0 Å². The third-order valence-electron chi connectivity index (χ3n) is 4.47. The quantitative estimate of drug-likeness (QED) is 0.417. The molecule has 0 bridgehead atoms. The molecule has 5 N–H and O–H groups in total. The van der Waals surface area contributed by atoms with E-state index in [4.69, 9.17) is 15.6 Å². The minimum Gasteiger partial charge on any atom is -0.394 e. The second-order valence-electron chi connectivity index (χ2n) is 6.37. The van der Waals surface area contributed by atoms with Gasteiger partial charge in [0.25, 0.3) is 5.69 Å². The van der Waals surface area contributed by atoms with E-state index in [9.17, 15) is 20.0 Å². The number of aliphatic hydroxyl groups excluding tert-OH is 2. The molecular weight excluding hydrogens is 344 g/mol. The number of carbonyl (C=O) groups is 1. The summed E-state index contributed by atoms with van der Waals surface area (Å²) in [5.74, 6) is 0. The minimum atomic E-state index is -1.30. The fraction of sp³-hybridized carbons (Fsp3) is 0.438. The molecule has 1 unspecified atom stereocenters. The molecule has 1 saturated heterocycles. The first kappa shape index (κ1) is 18.3. The van der Waals surface area contributed by atoms with Crippen LogP contribution in [0.4, 0.5) is 10.5 Å². The van der Waals surface area contributed by atoms with Crippen LogP contribution < -0.4 is 11.1 Å². The van der Waals surface area contributed by atoms with E-state index in [0.29, 0.717) is 5.56 Å². The number of nitro benzene ring substituents is 1. The molecule has 26 heavy (non-hydrogen) atoms. The number of carbonyl (C=O) groups excluding carboxylic acids is 1. The zero-order chi connectivity index (χ0) is 18.9. The lowest BCUT2D eigenvalue weighted by atomic mass is 9.97. The Hall–Kier alpha value is -2.53. The molecule has 3 rings (SSSR count). The van der Waals surface area contributed by atoms with E-state index in [1.54, 1.807) is 18.2 Å². The Labute approximate surface area is 149 Å². The summed E-state index contributed by atoms with van der Waals surface area (Å²) < 4.78 is 5.45. The molecule has 1 aromatic rings. The van der Waals surface area contributed by atoms with Gasteiger partial charge in [-0.25, -0.2) is 4.79 Å². The summed E-state index contributed by atoms with van der Waals surface area (Å²) >= 11 is 0. The summed E-state index contributed by atoms with van der Waals surface area (Å²) in [6, 6.07) is 5.63. The SMILES string of the molecule is NC1(Cc2ccccc2[N+](=O)[O-])C=CN([C@H]2C[C@H](O)[C@@H](CO)O2)C(=O)N1. The number of nitro groups is 1. The number of hydrogen-bond donors (Lipinski definition) is 4. The van der Waals surface area contributed by atoms with Crippen molar-refractivity contribution in [1.82, 2.24) is 10.2 Å². The summed E-state index contributed by atoms with van der Waals surface area (Å²) in [6.45, 7) is -0.352. The first-order valence-electron chi connectivity index (χ1n) is 8.08. The fourth-order valence-corrected chi connectivity index (χ4v) is 3.12. The molecule has 10 heteroatoms. The van der Waals surface area contributed by atoms with Crippen LogP contribution in [0.15, 0.2) is 36.5 Å². The number of urea groups is 1. The molecule has 0 radical (unpaired) electrons. The van der Waals surface area contributed by atoms with Crippen LogP contribution in [0.25, 0.3) is 0 Å². The van der Waals surface area contributed by atoms with Crippen LogP contribution in [0.5, 0.6) is 0 Å². The van der Waals surface area contributed by atoms with Gasteiger partial charge in [0.05, 0.1) is 17.6 Å². The lowest BCUT2D eigenvalue weighted by molar-refractivity contribution is -0.385. The van der Waals surface area contributed by atoms with Gasteiger partial charge in [-0.1, -0.05) is 18.2 Å². The van der Waals surface area contributed by atoms with Gasteiger partial charge in [0, 0.05) is 30.7 Å². The zero-order valence-electron chi connectivity index (χ0n) is 13.8. The highest BCUT2D eigenvalue weighted by Crippen LogP contribution is 2.27. The molecule has 0 aromatic heterocycles. The van der Waals surface area contributed by atoms with Gasteiger partial charge >= 0.3 is 6.03 Å². The van der Waals surface area contributed by atoms with E-state index >= 15 is 0 Å². The normalized spacial score (nSPS) is 31.1. The van der Waals surface area contributed by atoms with Crippen LogP contribution in [0.2, 0.25) is 0 Å². The number of nitrogens with zero attached hydrogens (tertiary/aromatic N) is 2. The van der Waals surface area contributed by atoms with Gasteiger partial charge in [-0.15, -0.1) is 0 Å². The van der Waals surface area contributed by atoms with Crippen molar-refractivity contribution < 1.29 is 24.7 Å². The molecule has 2 aliphatic heterocycles. The van der Waals surface area contributed by atoms with Crippen molar-refractivity contribution in [2.45, 2.75) is 36.9 Å². The highest BCUT2D eigenvalue weighted by Gasteiger charge is 2.41. The second-order valence-corrected chi connectivity index (χ2v) is 6.37. The van der Waals surface area contributed by atoms with Crippen LogP contribution >= 0.6 is 0 Å². The maximum Gasteiger partial charge on any atom is 0.325 e. The fourth-order valence-electron chi connectivity index (χ4n) is 3.12. The smallest absolute Gasteiger partial charge is 0.325 e. The van der Waals surface area contributed by atoms with Crippen LogP contribution in [-0.2, 0) is 11.2 Å². The lowest BCUT2D eigenvalue weighted by Crippen LogP contribution is -2.62. The molecule has 140 valence electrons. The predicted molar refractivity (Wildman–Crippen MR) is 89.6 cm³/mol. The van der Waals surface area contributed by atoms with Gasteiger partial charge in [-0.05, 0) is 6.08 Å². The van der Waals surface area contributed by atoms with Gasteiger partial charge in [0.1, 0.15) is 18.0 Å². The average molecular weight is 364 g/mol. The molecule has 1 fully saturated rings. The predicted octanol–water partition coefficient (Wildman–Crippen LogP) is -0.201. The second kappa shape index (κ2) is 7.00. The number of benzene rings is 1. The zero-order valence-corrected chi connectivity index (χ0v) is 13.8. The number of ether oxygens (including phenoxy) is 1. The average Bonchev–Trinajstić information content (AvgIpc) is 2.95. The van der Waals surface area contributed by atoms with Gasteiger partial charge in [-0.3, -0.25) is 15.0 Å². The van der Waals surface area contributed by atoms with E-state index in [0.717, 1.165) is 0 Å². The number of amides is 2. The molecule has 10 nitrogen and oxygen atoms in total.